The van der Waals surface area contributed by atoms with Crippen LogP contribution in [-0.4, -0.2) is 50.0 Å². The van der Waals surface area contributed by atoms with Gasteiger partial charge in [-0.05, 0) is 66.2 Å². The van der Waals surface area contributed by atoms with Crippen LogP contribution in [0.25, 0.3) is 11.1 Å². The topological polar surface area (TPSA) is 99.8 Å². The number of sulfone groups is 1. The summed E-state index contributed by atoms with van der Waals surface area (Å²) in [5.74, 6) is 0.685. The van der Waals surface area contributed by atoms with E-state index in [1.54, 1.807) is 43.5 Å². The molecule has 10 heteroatoms. The Bertz CT molecular complexity index is 1390. The van der Waals surface area contributed by atoms with Gasteiger partial charge in [-0.25, -0.2) is 13.2 Å². The third-order valence-electron chi connectivity index (χ3n) is 6.17. The van der Waals surface area contributed by atoms with Crippen molar-refractivity contribution in [3.63, 3.8) is 0 Å². The summed E-state index contributed by atoms with van der Waals surface area (Å²) in [4.78, 5) is 14.2. The van der Waals surface area contributed by atoms with Gasteiger partial charge in [0.25, 0.3) is 0 Å². The second-order valence-corrected chi connectivity index (χ2v) is 10.7. The number of hydrogen-bond donors (Lipinski definition) is 3. The normalized spacial score (nSPS) is 16.9. The molecular formula is C25H24N4O4S2. The monoisotopic (exact) mass is 508 g/mol. The van der Waals surface area contributed by atoms with Crippen LogP contribution in [0.4, 0.5) is 16.2 Å². The van der Waals surface area contributed by atoms with E-state index in [1.165, 1.54) is 4.90 Å². The van der Waals surface area contributed by atoms with E-state index in [9.17, 15) is 13.2 Å². The van der Waals surface area contributed by atoms with Crippen molar-refractivity contribution in [1.82, 2.24) is 10.2 Å². The van der Waals surface area contributed by atoms with Gasteiger partial charge in [0.1, 0.15) is 5.75 Å². The highest BCUT2D eigenvalue weighted by Gasteiger charge is 2.41. The third kappa shape index (κ3) is 4.30. The molecule has 0 bridgehead atoms. The second-order valence-electron chi connectivity index (χ2n) is 8.26. The summed E-state index contributed by atoms with van der Waals surface area (Å²) in [6.45, 7) is 0.643. The van der Waals surface area contributed by atoms with Gasteiger partial charge in [-0.2, -0.15) is 0 Å². The van der Waals surface area contributed by atoms with Gasteiger partial charge >= 0.3 is 6.03 Å². The van der Waals surface area contributed by atoms with Gasteiger partial charge < -0.3 is 20.7 Å². The van der Waals surface area contributed by atoms with Gasteiger partial charge in [-0.1, -0.05) is 30.3 Å². The number of urea groups is 1. The van der Waals surface area contributed by atoms with Crippen LogP contribution in [0.15, 0.2) is 71.6 Å². The van der Waals surface area contributed by atoms with E-state index < -0.39 is 21.2 Å². The number of nitrogens with zero attached hydrogens (tertiary/aromatic N) is 1. The van der Waals surface area contributed by atoms with E-state index in [4.69, 9.17) is 17.0 Å². The molecule has 0 radical (unpaired) electrons. The largest absolute Gasteiger partial charge is 0.497 e. The summed E-state index contributed by atoms with van der Waals surface area (Å²) in [7, 11) is -2.35. The first-order valence-electron chi connectivity index (χ1n) is 11.1. The van der Waals surface area contributed by atoms with Crippen molar-refractivity contribution in [2.75, 3.05) is 30.8 Å². The van der Waals surface area contributed by atoms with Crippen molar-refractivity contribution in [3.8, 4) is 16.9 Å². The number of rotatable bonds is 5. The average Bonchev–Trinajstić information content (AvgIpc) is 3.51. The lowest BCUT2D eigenvalue weighted by Gasteiger charge is -2.19. The minimum atomic E-state index is -3.93. The summed E-state index contributed by atoms with van der Waals surface area (Å²) >= 11 is 5.41. The molecule has 2 aliphatic heterocycles. The number of carbonyl (C=O) groups is 1. The Morgan fingerprint density at radius 2 is 1.83 bits per heavy atom. The summed E-state index contributed by atoms with van der Waals surface area (Å²) in [6.07, 6.45) is 0.724. The van der Waals surface area contributed by atoms with E-state index in [-0.39, 0.29) is 16.6 Å². The minimum absolute atomic E-state index is 0.104. The molecule has 35 heavy (non-hydrogen) atoms. The molecule has 5 rings (SSSR count). The highest BCUT2D eigenvalue weighted by atomic mass is 32.2. The molecule has 1 unspecified atom stereocenters. The van der Waals surface area contributed by atoms with Crippen LogP contribution in [-0.2, 0) is 16.3 Å². The van der Waals surface area contributed by atoms with Gasteiger partial charge in [-0.15, -0.1) is 0 Å². The fourth-order valence-electron chi connectivity index (χ4n) is 4.41. The number of anilines is 2. The minimum Gasteiger partial charge on any atom is -0.497 e. The number of ether oxygens (including phenoxy) is 1. The first-order valence-corrected chi connectivity index (χ1v) is 13.1. The Morgan fingerprint density at radius 1 is 1.09 bits per heavy atom. The molecule has 180 valence electrons. The van der Waals surface area contributed by atoms with E-state index in [1.807, 2.05) is 30.3 Å². The molecule has 0 spiro atoms. The number of thiocarbonyl (C=S) groups is 1. The predicted molar refractivity (Wildman–Crippen MR) is 139 cm³/mol. The van der Waals surface area contributed by atoms with Crippen molar-refractivity contribution in [2.24, 2.45) is 0 Å². The zero-order valence-electron chi connectivity index (χ0n) is 18.9. The van der Waals surface area contributed by atoms with Crippen LogP contribution in [0, 0.1) is 0 Å². The Morgan fingerprint density at radius 3 is 2.54 bits per heavy atom. The quantitative estimate of drug-likeness (QED) is 0.450. The Balaban J connectivity index is 1.43. The molecule has 1 saturated heterocycles. The number of amides is 2. The van der Waals surface area contributed by atoms with E-state index in [0.717, 1.165) is 29.8 Å². The van der Waals surface area contributed by atoms with E-state index >= 15 is 0 Å². The van der Waals surface area contributed by atoms with Crippen LogP contribution in [0.3, 0.4) is 0 Å². The molecule has 1 fully saturated rings. The van der Waals surface area contributed by atoms with Crippen molar-refractivity contribution < 1.29 is 17.9 Å². The summed E-state index contributed by atoms with van der Waals surface area (Å²) < 4.78 is 32.8. The molecule has 2 amide bonds. The first kappa shape index (κ1) is 23.1. The fourth-order valence-corrected chi connectivity index (χ4v) is 6.38. The van der Waals surface area contributed by atoms with Crippen molar-refractivity contribution in [3.05, 3.63) is 72.3 Å². The molecular weight excluding hydrogens is 484 g/mol. The standard InChI is InChI=1S/C25H24N4O4S2/c1-33-18-9-7-17(8-10-18)27-25(34)29-15-22(28-24(29)30)35(31,32)21-12-11-20-19(13-14-26-20)23(21)16-5-3-2-4-6-16/h2-12,22,26H,13-15H2,1H3,(H,27,34)(H,28,30). The smallest absolute Gasteiger partial charge is 0.324 e. The zero-order chi connectivity index (χ0) is 24.6. The Labute approximate surface area is 209 Å². The maximum atomic E-state index is 13.8. The van der Waals surface area contributed by atoms with E-state index in [0.29, 0.717) is 17.0 Å². The van der Waals surface area contributed by atoms with Crippen LogP contribution in [0.1, 0.15) is 5.56 Å². The number of methoxy groups -OCH3 is 1. The van der Waals surface area contributed by atoms with E-state index in [2.05, 4.69) is 16.0 Å². The van der Waals surface area contributed by atoms with Crippen LogP contribution in [0.2, 0.25) is 0 Å². The molecule has 0 saturated carbocycles. The number of hydrogen-bond acceptors (Lipinski definition) is 6. The molecule has 0 aliphatic carbocycles. The highest BCUT2D eigenvalue weighted by molar-refractivity contribution is 7.92. The number of carbonyl (C=O) groups excluding carboxylic acids is 1. The lowest BCUT2D eigenvalue weighted by Crippen LogP contribution is -2.37. The molecule has 3 N–H and O–H groups in total. The summed E-state index contributed by atoms with van der Waals surface area (Å²) in [5, 5.41) is 7.89. The van der Waals surface area contributed by atoms with Gasteiger partial charge in [0.2, 0.25) is 9.84 Å². The van der Waals surface area contributed by atoms with Gasteiger partial charge in [0.15, 0.2) is 10.5 Å². The van der Waals surface area contributed by atoms with Crippen molar-refractivity contribution in [2.45, 2.75) is 16.7 Å². The molecule has 1 atom stereocenters. The number of nitrogens with one attached hydrogen (secondary N) is 3. The van der Waals surface area contributed by atoms with Crippen LogP contribution >= 0.6 is 12.2 Å². The second kappa shape index (κ2) is 9.20. The molecule has 8 nitrogen and oxygen atoms in total. The van der Waals surface area contributed by atoms with Crippen molar-refractivity contribution >= 4 is 44.6 Å². The lowest BCUT2D eigenvalue weighted by molar-refractivity contribution is 0.234. The van der Waals surface area contributed by atoms with Gasteiger partial charge in [0.05, 0.1) is 18.6 Å². The maximum absolute atomic E-state index is 13.8. The third-order valence-corrected chi connectivity index (χ3v) is 8.46. The van der Waals surface area contributed by atoms with Crippen LogP contribution < -0.4 is 20.7 Å². The SMILES string of the molecule is COc1ccc(NC(=S)N2CC(S(=O)(=O)c3ccc4c(c3-c3ccccc3)CCN4)NC2=O)cc1. The Kier molecular flexibility index (Phi) is 6.08. The molecule has 2 heterocycles. The fraction of sp³-hybridized carbons (Fsp3) is 0.200. The van der Waals surface area contributed by atoms with Crippen molar-refractivity contribution in [1.29, 1.82) is 0 Å². The molecule has 2 aliphatic rings. The first-order chi connectivity index (χ1) is 16.9. The van der Waals surface area contributed by atoms with Gasteiger partial charge in [0, 0.05) is 23.5 Å². The average molecular weight is 509 g/mol. The predicted octanol–water partition coefficient (Wildman–Crippen LogP) is 3.85. The maximum Gasteiger partial charge on any atom is 0.324 e. The zero-order valence-corrected chi connectivity index (χ0v) is 20.6. The molecule has 3 aromatic carbocycles. The number of benzene rings is 3. The molecule has 3 aromatic rings. The van der Waals surface area contributed by atoms with Crippen LogP contribution in [0.5, 0.6) is 5.75 Å². The number of fused-ring (bicyclic) bond motifs is 1. The molecule has 0 aromatic heterocycles. The summed E-state index contributed by atoms with van der Waals surface area (Å²) in [6, 6.07) is 19.4. The highest BCUT2D eigenvalue weighted by Crippen LogP contribution is 2.39. The lowest BCUT2D eigenvalue weighted by atomic mass is 9.98. The van der Waals surface area contributed by atoms with Gasteiger partial charge in [-0.3, -0.25) is 4.90 Å². The Hall–Kier alpha value is -3.63. The summed E-state index contributed by atoms with van der Waals surface area (Å²) in [5.41, 5.74) is 4.07.